The lowest BCUT2D eigenvalue weighted by molar-refractivity contribution is -0.138. The van der Waals surface area contributed by atoms with E-state index in [-0.39, 0.29) is 6.61 Å². The molecule has 3 aromatic rings. The van der Waals surface area contributed by atoms with Crippen LogP contribution in [0.2, 0.25) is 0 Å². The Labute approximate surface area is 186 Å². The first-order valence-electron chi connectivity index (χ1n) is 10.1. The van der Waals surface area contributed by atoms with Crippen molar-refractivity contribution in [1.29, 1.82) is 0 Å². The van der Waals surface area contributed by atoms with E-state index in [0.717, 1.165) is 11.0 Å². The molecule has 0 fully saturated rings. The lowest BCUT2D eigenvalue weighted by Crippen LogP contribution is -2.29. The van der Waals surface area contributed by atoms with Gasteiger partial charge in [-0.2, -0.15) is 0 Å². The third kappa shape index (κ3) is 3.33. The lowest BCUT2D eigenvalue weighted by atomic mass is 9.93. The number of fused-ring (bicyclic) bond motifs is 3. The summed E-state index contributed by atoms with van der Waals surface area (Å²) in [7, 11) is 4.66. The highest BCUT2D eigenvalue weighted by Crippen LogP contribution is 2.48. The van der Waals surface area contributed by atoms with Crippen molar-refractivity contribution in [3.63, 3.8) is 0 Å². The standard InChI is InChI=1S/C24H25N3O5/c1-6-13-32-23(28)19-14(2)25-24-26-16-9-7-8-10-17(16)27(24)20(19)15-11-12-18(29-3)22(31-5)21(15)30-4/h6-12,20H,1,13H2,2-5H3,(H,25,26)/t20-/m1/s1. The number of anilines is 1. The van der Waals surface area contributed by atoms with Gasteiger partial charge in [0.05, 0.1) is 44.0 Å². The second kappa shape index (κ2) is 8.66. The predicted molar refractivity (Wildman–Crippen MR) is 121 cm³/mol. The Balaban J connectivity index is 2.02. The molecule has 0 unspecified atom stereocenters. The predicted octanol–water partition coefficient (Wildman–Crippen LogP) is 4.08. The fourth-order valence-electron chi connectivity index (χ4n) is 4.07. The number of nitrogens with one attached hydrogen (secondary N) is 1. The number of benzene rings is 2. The molecule has 0 amide bonds. The molecule has 0 bridgehead atoms. The zero-order chi connectivity index (χ0) is 22.8. The van der Waals surface area contributed by atoms with Gasteiger partial charge in [0, 0.05) is 11.3 Å². The molecule has 2 heterocycles. The molecule has 166 valence electrons. The van der Waals surface area contributed by atoms with E-state index < -0.39 is 12.0 Å². The topological polar surface area (TPSA) is 83.8 Å². The van der Waals surface area contributed by atoms with E-state index in [0.29, 0.717) is 40.0 Å². The van der Waals surface area contributed by atoms with Crippen LogP contribution in [0.3, 0.4) is 0 Å². The molecule has 1 atom stereocenters. The van der Waals surface area contributed by atoms with Crippen molar-refractivity contribution in [2.45, 2.75) is 13.0 Å². The maximum absolute atomic E-state index is 13.2. The van der Waals surface area contributed by atoms with Crippen LogP contribution in [-0.2, 0) is 9.53 Å². The van der Waals surface area contributed by atoms with Crippen LogP contribution in [0.4, 0.5) is 5.95 Å². The molecule has 0 saturated carbocycles. The zero-order valence-corrected chi connectivity index (χ0v) is 18.5. The molecule has 0 radical (unpaired) electrons. The van der Waals surface area contributed by atoms with Crippen LogP contribution in [0.25, 0.3) is 11.0 Å². The first-order valence-corrected chi connectivity index (χ1v) is 10.1. The summed E-state index contributed by atoms with van der Waals surface area (Å²) in [6, 6.07) is 10.8. The van der Waals surface area contributed by atoms with E-state index in [4.69, 9.17) is 23.9 Å². The van der Waals surface area contributed by atoms with Crippen molar-refractivity contribution in [2.24, 2.45) is 0 Å². The molecule has 4 rings (SSSR count). The summed E-state index contributed by atoms with van der Waals surface area (Å²) in [5, 5.41) is 3.25. The van der Waals surface area contributed by atoms with Crippen molar-refractivity contribution < 1.29 is 23.7 Å². The minimum atomic E-state index is -0.578. The van der Waals surface area contributed by atoms with Gasteiger partial charge in [-0.05, 0) is 31.2 Å². The molecule has 2 aromatic carbocycles. The average Bonchev–Trinajstić information content (AvgIpc) is 3.18. The number of imidazole rings is 1. The van der Waals surface area contributed by atoms with Gasteiger partial charge >= 0.3 is 5.97 Å². The molecule has 1 aromatic heterocycles. The van der Waals surface area contributed by atoms with Gasteiger partial charge in [0.1, 0.15) is 6.61 Å². The minimum Gasteiger partial charge on any atom is -0.493 e. The van der Waals surface area contributed by atoms with Crippen molar-refractivity contribution in [3.8, 4) is 17.2 Å². The fourth-order valence-corrected chi connectivity index (χ4v) is 4.07. The quantitative estimate of drug-likeness (QED) is 0.442. The highest BCUT2D eigenvalue weighted by atomic mass is 16.5. The Morgan fingerprint density at radius 1 is 1.12 bits per heavy atom. The van der Waals surface area contributed by atoms with Crippen LogP contribution >= 0.6 is 0 Å². The van der Waals surface area contributed by atoms with E-state index in [1.165, 1.54) is 6.08 Å². The Bertz CT molecular complexity index is 1230. The second-order valence-corrected chi connectivity index (χ2v) is 7.17. The lowest BCUT2D eigenvalue weighted by Gasteiger charge is -2.31. The highest BCUT2D eigenvalue weighted by Gasteiger charge is 2.37. The summed E-state index contributed by atoms with van der Waals surface area (Å²) in [4.78, 5) is 17.9. The SMILES string of the molecule is C=CCOC(=O)C1=C(C)Nc2nc3ccccc3n2[C@@H]1c1ccc(OC)c(OC)c1OC. The van der Waals surface area contributed by atoms with Gasteiger partial charge in [0.25, 0.3) is 0 Å². The van der Waals surface area contributed by atoms with Crippen molar-refractivity contribution >= 4 is 23.0 Å². The third-order valence-corrected chi connectivity index (χ3v) is 5.41. The molecule has 8 heteroatoms. The smallest absolute Gasteiger partial charge is 0.338 e. The number of carbonyl (C=O) groups is 1. The minimum absolute atomic E-state index is 0.100. The highest BCUT2D eigenvalue weighted by molar-refractivity contribution is 5.94. The summed E-state index contributed by atoms with van der Waals surface area (Å²) in [6.07, 6.45) is 1.54. The summed E-state index contributed by atoms with van der Waals surface area (Å²) >= 11 is 0. The molecule has 0 saturated heterocycles. The van der Waals surface area contributed by atoms with Crippen molar-refractivity contribution in [2.75, 3.05) is 33.3 Å². The Morgan fingerprint density at radius 2 is 1.88 bits per heavy atom. The van der Waals surface area contributed by atoms with Gasteiger partial charge in [0.2, 0.25) is 11.7 Å². The zero-order valence-electron chi connectivity index (χ0n) is 18.5. The summed E-state index contributed by atoms with van der Waals surface area (Å²) in [5.41, 5.74) is 3.45. The number of methoxy groups -OCH3 is 3. The number of esters is 1. The number of allylic oxidation sites excluding steroid dienone is 1. The Hall–Kier alpha value is -3.94. The summed E-state index contributed by atoms with van der Waals surface area (Å²) in [5.74, 6) is 1.58. The first-order chi connectivity index (χ1) is 15.5. The van der Waals surface area contributed by atoms with E-state index in [2.05, 4.69) is 11.9 Å². The van der Waals surface area contributed by atoms with Crippen molar-refractivity contribution in [3.05, 3.63) is 65.9 Å². The van der Waals surface area contributed by atoms with Gasteiger partial charge in [0.15, 0.2) is 11.5 Å². The molecule has 1 aliphatic rings. The number of carbonyl (C=O) groups excluding carboxylic acids is 1. The number of aromatic nitrogens is 2. The molecular formula is C24H25N3O5. The maximum atomic E-state index is 13.2. The first kappa shape index (κ1) is 21.3. The maximum Gasteiger partial charge on any atom is 0.338 e. The number of nitrogens with zero attached hydrogens (tertiary/aromatic N) is 2. The van der Waals surface area contributed by atoms with Crippen LogP contribution < -0.4 is 19.5 Å². The van der Waals surface area contributed by atoms with E-state index in [9.17, 15) is 4.79 Å². The molecule has 0 spiro atoms. The van der Waals surface area contributed by atoms with E-state index in [1.807, 2.05) is 41.8 Å². The summed E-state index contributed by atoms with van der Waals surface area (Å²) in [6.45, 7) is 5.56. The normalized spacial score (nSPS) is 15.1. The van der Waals surface area contributed by atoms with Gasteiger partial charge in [-0.25, -0.2) is 9.78 Å². The third-order valence-electron chi connectivity index (χ3n) is 5.41. The summed E-state index contributed by atoms with van der Waals surface area (Å²) < 4.78 is 24.2. The van der Waals surface area contributed by atoms with Gasteiger partial charge in [-0.3, -0.25) is 4.57 Å². The van der Waals surface area contributed by atoms with Crippen LogP contribution in [0.5, 0.6) is 17.2 Å². The van der Waals surface area contributed by atoms with Crippen LogP contribution in [0, 0.1) is 0 Å². The number of para-hydroxylation sites is 2. The number of hydrogen-bond acceptors (Lipinski definition) is 7. The van der Waals surface area contributed by atoms with Gasteiger partial charge < -0.3 is 24.3 Å². The number of ether oxygens (including phenoxy) is 4. The van der Waals surface area contributed by atoms with E-state index >= 15 is 0 Å². The van der Waals surface area contributed by atoms with E-state index in [1.54, 1.807) is 27.4 Å². The largest absolute Gasteiger partial charge is 0.493 e. The average molecular weight is 435 g/mol. The van der Waals surface area contributed by atoms with Crippen LogP contribution in [0.1, 0.15) is 18.5 Å². The molecule has 1 aliphatic heterocycles. The van der Waals surface area contributed by atoms with Gasteiger partial charge in [-0.1, -0.05) is 24.8 Å². The Morgan fingerprint density at radius 3 is 2.56 bits per heavy atom. The molecule has 8 nitrogen and oxygen atoms in total. The Kier molecular flexibility index (Phi) is 5.77. The van der Waals surface area contributed by atoms with Crippen LogP contribution in [-0.4, -0.2) is 43.5 Å². The molecule has 1 N–H and O–H groups in total. The molecule has 0 aliphatic carbocycles. The second-order valence-electron chi connectivity index (χ2n) is 7.17. The van der Waals surface area contributed by atoms with Crippen molar-refractivity contribution in [1.82, 2.24) is 9.55 Å². The molecule has 32 heavy (non-hydrogen) atoms. The number of rotatable bonds is 7. The fraction of sp³-hybridized carbons (Fsp3) is 0.250. The number of hydrogen-bond donors (Lipinski definition) is 1. The molecular weight excluding hydrogens is 410 g/mol. The van der Waals surface area contributed by atoms with Gasteiger partial charge in [-0.15, -0.1) is 0 Å². The van der Waals surface area contributed by atoms with Crippen LogP contribution in [0.15, 0.2) is 60.3 Å². The monoisotopic (exact) mass is 435 g/mol.